The molecule has 1 saturated carbocycles. The molecular weight excluding hydrogens is 266 g/mol. The van der Waals surface area contributed by atoms with Crippen molar-refractivity contribution in [1.29, 1.82) is 0 Å². The molecule has 0 bridgehead atoms. The Hall–Kier alpha value is -1.29. The molecule has 2 unspecified atom stereocenters. The van der Waals surface area contributed by atoms with Gasteiger partial charge in [0.05, 0.1) is 4.92 Å². The minimum atomic E-state index is -0.390. The molecule has 0 spiro atoms. The molecule has 1 aliphatic rings. The second-order valence-corrected chi connectivity index (χ2v) is 6.35. The first-order valence-corrected chi connectivity index (χ1v) is 6.73. The Labute approximate surface area is 117 Å². The second-order valence-electron chi connectivity index (χ2n) is 5.82. The van der Waals surface area contributed by atoms with Crippen molar-refractivity contribution < 1.29 is 9.66 Å². The fourth-order valence-corrected chi connectivity index (χ4v) is 2.70. The molecule has 5 heteroatoms. The van der Waals surface area contributed by atoms with Crippen LogP contribution in [0.1, 0.15) is 31.4 Å². The zero-order valence-electron chi connectivity index (χ0n) is 11.6. The maximum Gasteiger partial charge on any atom is 0.311 e. The third-order valence-corrected chi connectivity index (χ3v) is 4.65. The van der Waals surface area contributed by atoms with Crippen LogP contribution in [0.15, 0.2) is 12.1 Å². The maximum absolute atomic E-state index is 11.1. The summed E-state index contributed by atoms with van der Waals surface area (Å²) in [5, 5.41) is 11.2. The number of rotatable bonds is 3. The number of aryl methyl sites for hydroxylation is 2. The fraction of sp³-hybridized carbons (Fsp3) is 0.571. The molecule has 0 N–H and O–H groups in total. The first kappa shape index (κ1) is 14.1. The summed E-state index contributed by atoms with van der Waals surface area (Å²) in [7, 11) is 0. The molecule has 19 heavy (non-hydrogen) atoms. The molecule has 1 fully saturated rings. The van der Waals surface area contributed by atoms with Crippen LogP contribution in [0.4, 0.5) is 5.69 Å². The highest BCUT2D eigenvalue weighted by molar-refractivity contribution is 6.21. The normalized spacial score (nSPS) is 24.7. The second kappa shape index (κ2) is 4.67. The molecule has 1 aliphatic carbocycles. The summed E-state index contributed by atoms with van der Waals surface area (Å²) in [6, 6.07) is 3.44. The molecular formula is C14H18ClNO3. The molecule has 0 aliphatic heterocycles. The predicted octanol–water partition coefficient (Wildman–Crippen LogP) is 4.00. The maximum atomic E-state index is 11.1. The summed E-state index contributed by atoms with van der Waals surface area (Å²) < 4.78 is 5.89. The van der Waals surface area contributed by atoms with E-state index >= 15 is 0 Å². The predicted molar refractivity (Wildman–Crippen MR) is 75.0 cm³/mol. The number of nitro benzene ring substituents is 1. The van der Waals surface area contributed by atoms with Gasteiger partial charge in [0.15, 0.2) is 5.75 Å². The van der Waals surface area contributed by atoms with Crippen molar-refractivity contribution in [3.8, 4) is 5.75 Å². The van der Waals surface area contributed by atoms with Crippen LogP contribution in [0.25, 0.3) is 0 Å². The molecule has 1 aromatic rings. The Morgan fingerprint density at radius 2 is 2.05 bits per heavy atom. The van der Waals surface area contributed by atoms with Crippen molar-refractivity contribution in [2.45, 2.75) is 45.6 Å². The summed E-state index contributed by atoms with van der Waals surface area (Å²) in [4.78, 5) is 10.7. The number of benzene rings is 1. The van der Waals surface area contributed by atoms with Gasteiger partial charge < -0.3 is 4.74 Å². The van der Waals surface area contributed by atoms with Gasteiger partial charge in [-0.1, -0.05) is 19.9 Å². The molecule has 104 valence electrons. The lowest BCUT2D eigenvalue weighted by Gasteiger charge is -2.48. The van der Waals surface area contributed by atoms with Gasteiger partial charge in [-0.15, -0.1) is 11.6 Å². The Kier molecular flexibility index (Phi) is 3.47. The zero-order chi connectivity index (χ0) is 14.4. The number of ether oxygens (including phenoxy) is 1. The van der Waals surface area contributed by atoms with Crippen LogP contribution >= 0.6 is 11.6 Å². The van der Waals surface area contributed by atoms with Crippen molar-refractivity contribution in [2.75, 3.05) is 0 Å². The lowest BCUT2D eigenvalue weighted by atomic mass is 9.68. The quantitative estimate of drug-likeness (QED) is 0.479. The van der Waals surface area contributed by atoms with Crippen molar-refractivity contribution in [2.24, 2.45) is 5.41 Å². The van der Waals surface area contributed by atoms with E-state index in [0.717, 1.165) is 17.5 Å². The summed E-state index contributed by atoms with van der Waals surface area (Å²) in [5.74, 6) is 0.372. The van der Waals surface area contributed by atoms with E-state index in [1.165, 1.54) is 0 Å². The number of nitrogens with zero attached hydrogens (tertiary/aromatic N) is 1. The van der Waals surface area contributed by atoms with Gasteiger partial charge in [-0.2, -0.15) is 0 Å². The molecule has 0 aromatic heterocycles. The van der Waals surface area contributed by atoms with Gasteiger partial charge in [-0.25, -0.2) is 0 Å². The van der Waals surface area contributed by atoms with Crippen molar-refractivity contribution >= 4 is 17.3 Å². The van der Waals surface area contributed by atoms with E-state index in [9.17, 15) is 10.1 Å². The smallest absolute Gasteiger partial charge is 0.311 e. The van der Waals surface area contributed by atoms with Crippen LogP contribution in [0.5, 0.6) is 5.75 Å². The van der Waals surface area contributed by atoms with Gasteiger partial charge in [-0.05, 0) is 25.0 Å². The van der Waals surface area contributed by atoms with E-state index in [-0.39, 0.29) is 27.5 Å². The SMILES string of the molecule is Cc1cc(C)c(OC2CC(Cl)C2(C)C)c([N+](=O)[O-])c1. The Balaban J connectivity index is 2.33. The summed E-state index contributed by atoms with van der Waals surface area (Å²) in [5.41, 5.74) is 1.53. The topological polar surface area (TPSA) is 52.4 Å². The molecule has 0 saturated heterocycles. The largest absolute Gasteiger partial charge is 0.483 e. The average molecular weight is 284 g/mol. The van der Waals surface area contributed by atoms with Crippen molar-refractivity contribution in [3.05, 3.63) is 33.4 Å². The van der Waals surface area contributed by atoms with Crippen molar-refractivity contribution in [1.82, 2.24) is 0 Å². The lowest BCUT2D eigenvalue weighted by Crippen LogP contribution is -2.53. The van der Waals surface area contributed by atoms with E-state index in [2.05, 4.69) is 0 Å². The number of halogens is 1. The number of nitro groups is 1. The third-order valence-electron chi connectivity index (χ3n) is 3.91. The first-order chi connectivity index (χ1) is 8.73. The highest BCUT2D eigenvalue weighted by Crippen LogP contribution is 2.48. The van der Waals surface area contributed by atoms with E-state index in [1.807, 2.05) is 33.8 Å². The minimum absolute atomic E-state index is 0.0336. The van der Waals surface area contributed by atoms with Crippen LogP contribution in [0.2, 0.25) is 0 Å². The van der Waals surface area contributed by atoms with Crippen LogP contribution in [0.3, 0.4) is 0 Å². The van der Waals surface area contributed by atoms with E-state index < -0.39 is 0 Å². The summed E-state index contributed by atoms with van der Waals surface area (Å²) in [6.07, 6.45) is 0.647. The van der Waals surface area contributed by atoms with Gasteiger partial charge in [0.2, 0.25) is 0 Å². The Morgan fingerprint density at radius 3 is 2.53 bits per heavy atom. The lowest BCUT2D eigenvalue weighted by molar-refractivity contribution is -0.386. The average Bonchev–Trinajstić information content (AvgIpc) is 2.30. The highest BCUT2D eigenvalue weighted by Gasteiger charge is 2.49. The monoisotopic (exact) mass is 283 g/mol. The summed E-state index contributed by atoms with van der Waals surface area (Å²) in [6.45, 7) is 7.72. The Morgan fingerprint density at radius 1 is 1.42 bits per heavy atom. The van der Waals surface area contributed by atoms with Crippen LogP contribution < -0.4 is 4.74 Å². The molecule has 1 aromatic carbocycles. The van der Waals surface area contributed by atoms with Crippen LogP contribution in [0, 0.1) is 29.4 Å². The van der Waals surface area contributed by atoms with Gasteiger partial charge in [0.25, 0.3) is 0 Å². The van der Waals surface area contributed by atoms with Crippen LogP contribution in [-0.2, 0) is 0 Å². The summed E-state index contributed by atoms with van der Waals surface area (Å²) >= 11 is 6.16. The van der Waals surface area contributed by atoms with E-state index in [0.29, 0.717) is 5.75 Å². The molecule has 2 rings (SSSR count). The molecule has 0 heterocycles. The standard InChI is InChI=1S/C14H18ClNO3/c1-8-5-9(2)13(10(6-8)16(17)18)19-12-7-11(15)14(12,3)4/h5-6,11-12H,7H2,1-4H3. The van der Waals surface area contributed by atoms with E-state index in [1.54, 1.807) is 6.07 Å². The Bertz CT molecular complexity index is 528. The highest BCUT2D eigenvalue weighted by atomic mass is 35.5. The van der Waals surface area contributed by atoms with Crippen molar-refractivity contribution in [3.63, 3.8) is 0 Å². The van der Waals surface area contributed by atoms with Gasteiger partial charge >= 0.3 is 5.69 Å². The van der Waals surface area contributed by atoms with Gasteiger partial charge in [0, 0.05) is 23.3 Å². The minimum Gasteiger partial charge on any atom is -0.483 e. The van der Waals surface area contributed by atoms with E-state index in [4.69, 9.17) is 16.3 Å². The molecule has 2 atom stereocenters. The molecule has 0 radical (unpaired) electrons. The van der Waals surface area contributed by atoms with Crippen LogP contribution in [-0.4, -0.2) is 16.4 Å². The zero-order valence-corrected chi connectivity index (χ0v) is 12.3. The van der Waals surface area contributed by atoms with Gasteiger partial charge in [0.1, 0.15) is 6.10 Å². The fourth-order valence-electron chi connectivity index (χ4n) is 2.40. The van der Waals surface area contributed by atoms with Gasteiger partial charge in [-0.3, -0.25) is 10.1 Å². The first-order valence-electron chi connectivity index (χ1n) is 6.30. The number of hydrogen-bond acceptors (Lipinski definition) is 3. The molecule has 0 amide bonds. The third kappa shape index (κ3) is 2.41. The number of alkyl halides is 1. The molecule has 4 nitrogen and oxygen atoms in total. The number of hydrogen-bond donors (Lipinski definition) is 0.